The zero-order valence-corrected chi connectivity index (χ0v) is 14.4. The maximum absolute atomic E-state index is 11.2. The van der Waals surface area contributed by atoms with Crippen LogP contribution < -0.4 is 5.73 Å². The van der Waals surface area contributed by atoms with E-state index in [9.17, 15) is 9.90 Å². The molecule has 1 saturated carbocycles. The molecule has 0 radical (unpaired) electrons. The summed E-state index contributed by atoms with van der Waals surface area (Å²) in [5, 5.41) is 9.21. The van der Waals surface area contributed by atoms with Gasteiger partial charge in [-0.25, -0.2) is 0 Å². The summed E-state index contributed by atoms with van der Waals surface area (Å²) < 4.78 is 1.09. The average molecular weight is 354 g/mol. The van der Waals surface area contributed by atoms with Crippen LogP contribution in [0.1, 0.15) is 61.3 Å². The molecule has 0 aromatic heterocycles. The Morgan fingerprint density at radius 3 is 2.52 bits per heavy atom. The van der Waals surface area contributed by atoms with Crippen molar-refractivity contribution in [1.82, 2.24) is 0 Å². The van der Waals surface area contributed by atoms with Crippen LogP contribution in [0.25, 0.3) is 0 Å². The van der Waals surface area contributed by atoms with E-state index >= 15 is 0 Å². The number of rotatable bonds is 5. The molecule has 0 heterocycles. The zero-order chi connectivity index (χ0) is 15.6. The molecule has 1 aromatic rings. The third-order valence-electron chi connectivity index (χ3n) is 4.79. The van der Waals surface area contributed by atoms with Gasteiger partial charge in [-0.1, -0.05) is 34.8 Å². The van der Waals surface area contributed by atoms with E-state index in [2.05, 4.69) is 41.9 Å². The Morgan fingerprint density at radius 1 is 1.33 bits per heavy atom. The molecule has 4 heteroatoms. The Hall–Kier alpha value is -0.870. The predicted molar refractivity (Wildman–Crippen MR) is 88.3 cm³/mol. The van der Waals surface area contributed by atoms with Crippen molar-refractivity contribution in [2.75, 3.05) is 0 Å². The second kappa shape index (κ2) is 6.49. The standard InChI is InChI=1S/C17H24BrNO2/c1-11-8-14(18)12(2)7-13(11)15(19)9-17(10-16(20)21)5-3-4-6-17/h7-8,15H,3-6,9-10,19H2,1-2H3,(H,20,21). The molecule has 0 spiro atoms. The Morgan fingerprint density at radius 2 is 1.95 bits per heavy atom. The quantitative estimate of drug-likeness (QED) is 0.819. The predicted octanol–water partition coefficient (Wildman–Crippen LogP) is 4.49. The monoisotopic (exact) mass is 353 g/mol. The van der Waals surface area contributed by atoms with Gasteiger partial charge < -0.3 is 10.8 Å². The van der Waals surface area contributed by atoms with Crippen LogP contribution in [0.15, 0.2) is 16.6 Å². The summed E-state index contributed by atoms with van der Waals surface area (Å²) in [5.74, 6) is -0.701. The zero-order valence-electron chi connectivity index (χ0n) is 12.8. The van der Waals surface area contributed by atoms with Crippen molar-refractivity contribution in [3.05, 3.63) is 33.3 Å². The molecule has 2 rings (SSSR count). The SMILES string of the molecule is Cc1cc(C(N)CC2(CC(=O)O)CCCC2)c(C)cc1Br. The molecular formula is C17H24BrNO2. The first kappa shape index (κ1) is 16.5. The maximum atomic E-state index is 11.2. The Balaban J connectivity index is 2.21. The van der Waals surface area contributed by atoms with Gasteiger partial charge in [0.15, 0.2) is 0 Å². The van der Waals surface area contributed by atoms with Crippen LogP contribution in [-0.4, -0.2) is 11.1 Å². The third-order valence-corrected chi connectivity index (χ3v) is 5.64. The second-order valence-corrected chi connectivity index (χ2v) is 7.40. The van der Waals surface area contributed by atoms with Gasteiger partial charge in [0.1, 0.15) is 0 Å². The lowest BCUT2D eigenvalue weighted by Crippen LogP contribution is -2.27. The molecule has 116 valence electrons. The minimum atomic E-state index is -0.701. The van der Waals surface area contributed by atoms with Gasteiger partial charge in [0.2, 0.25) is 0 Å². The van der Waals surface area contributed by atoms with Crippen molar-refractivity contribution in [3.63, 3.8) is 0 Å². The van der Waals surface area contributed by atoms with Crippen molar-refractivity contribution in [3.8, 4) is 0 Å². The highest BCUT2D eigenvalue weighted by Gasteiger charge is 2.37. The lowest BCUT2D eigenvalue weighted by atomic mass is 9.75. The van der Waals surface area contributed by atoms with Gasteiger partial charge in [-0.05, 0) is 61.3 Å². The van der Waals surface area contributed by atoms with E-state index in [1.807, 2.05) is 0 Å². The smallest absolute Gasteiger partial charge is 0.303 e. The number of carboxylic acids is 1. The summed E-state index contributed by atoms with van der Waals surface area (Å²) in [7, 11) is 0. The number of hydrogen-bond acceptors (Lipinski definition) is 2. The van der Waals surface area contributed by atoms with Gasteiger partial charge in [-0.15, -0.1) is 0 Å². The number of benzene rings is 1. The molecule has 0 saturated heterocycles. The summed E-state index contributed by atoms with van der Waals surface area (Å²) in [5.41, 5.74) is 9.82. The van der Waals surface area contributed by atoms with Crippen LogP contribution in [0.3, 0.4) is 0 Å². The van der Waals surface area contributed by atoms with Crippen molar-refractivity contribution in [1.29, 1.82) is 0 Å². The minimum Gasteiger partial charge on any atom is -0.481 e. The molecule has 0 aliphatic heterocycles. The molecule has 3 N–H and O–H groups in total. The van der Waals surface area contributed by atoms with Crippen molar-refractivity contribution < 1.29 is 9.90 Å². The molecule has 21 heavy (non-hydrogen) atoms. The lowest BCUT2D eigenvalue weighted by Gasteiger charge is -2.31. The number of hydrogen-bond donors (Lipinski definition) is 2. The average Bonchev–Trinajstić information content (AvgIpc) is 2.80. The fourth-order valence-corrected chi connectivity index (χ4v) is 4.14. The molecular weight excluding hydrogens is 330 g/mol. The summed E-state index contributed by atoms with van der Waals surface area (Å²) >= 11 is 3.54. The second-order valence-electron chi connectivity index (χ2n) is 6.55. The van der Waals surface area contributed by atoms with E-state index in [0.717, 1.165) is 42.1 Å². The van der Waals surface area contributed by atoms with E-state index in [0.29, 0.717) is 0 Å². The summed E-state index contributed by atoms with van der Waals surface area (Å²) in [6.45, 7) is 4.13. The summed E-state index contributed by atoms with van der Waals surface area (Å²) in [6, 6.07) is 4.14. The van der Waals surface area contributed by atoms with Gasteiger partial charge >= 0.3 is 5.97 Å². The van der Waals surface area contributed by atoms with Crippen LogP contribution in [0, 0.1) is 19.3 Å². The van der Waals surface area contributed by atoms with E-state index in [4.69, 9.17) is 5.73 Å². The van der Waals surface area contributed by atoms with Crippen LogP contribution in [0.2, 0.25) is 0 Å². The fraction of sp³-hybridized carbons (Fsp3) is 0.588. The van der Waals surface area contributed by atoms with E-state index in [1.54, 1.807) is 0 Å². The molecule has 1 atom stereocenters. The first-order valence-corrected chi connectivity index (χ1v) is 8.36. The normalized spacial score (nSPS) is 18.7. The Labute approximate surface area is 135 Å². The number of carboxylic acid groups (broad SMARTS) is 1. The number of carbonyl (C=O) groups is 1. The lowest BCUT2D eigenvalue weighted by molar-refractivity contribution is -0.139. The molecule has 1 aliphatic rings. The Bertz CT molecular complexity index is 536. The van der Waals surface area contributed by atoms with Gasteiger partial charge in [0, 0.05) is 10.5 Å². The maximum Gasteiger partial charge on any atom is 0.303 e. The Kier molecular flexibility index (Phi) is 5.10. The molecule has 0 amide bonds. The molecule has 1 aliphatic carbocycles. The van der Waals surface area contributed by atoms with Crippen LogP contribution in [0.5, 0.6) is 0 Å². The summed E-state index contributed by atoms with van der Waals surface area (Å²) in [6.07, 6.45) is 5.23. The molecule has 0 bridgehead atoms. The molecule has 1 unspecified atom stereocenters. The van der Waals surface area contributed by atoms with Crippen LogP contribution >= 0.6 is 15.9 Å². The van der Waals surface area contributed by atoms with Crippen molar-refractivity contribution >= 4 is 21.9 Å². The van der Waals surface area contributed by atoms with E-state index in [-0.39, 0.29) is 17.9 Å². The minimum absolute atomic E-state index is 0.0887. The van der Waals surface area contributed by atoms with Crippen LogP contribution in [-0.2, 0) is 4.79 Å². The number of aliphatic carboxylic acids is 1. The van der Waals surface area contributed by atoms with Gasteiger partial charge in [-0.3, -0.25) is 4.79 Å². The first-order valence-electron chi connectivity index (χ1n) is 7.57. The topological polar surface area (TPSA) is 63.3 Å². The fourth-order valence-electron chi connectivity index (χ4n) is 3.68. The van der Waals surface area contributed by atoms with Crippen molar-refractivity contribution in [2.45, 2.75) is 58.4 Å². The van der Waals surface area contributed by atoms with Crippen LogP contribution in [0.4, 0.5) is 0 Å². The summed E-state index contributed by atoms with van der Waals surface area (Å²) in [4.78, 5) is 11.2. The molecule has 3 nitrogen and oxygen atoms in total. The highest BCUT2D eigenvalue weighted by Crippen LogP contribution is 2.47. The number of nitrogens with two attached hydrogens (primary N) is 1. The van der Waals surface area contributed by atoms with Crippen molar-refractivity contribution in [2.24, 2.45) is 11.1 Å². The molecule has 1 fully saturated rings. The molecule has 1 aromatic carbocycles. The van der Waals surface area contributed by atoms with Gasteiger partial charge in [0.25, 0.3) is 0 Å². The number of halogens is 1. The van der Waals surface area contributed by atoms with E-state index in [1.165, 1.54) is 11.1 Å². The highest BCUT2D eigenvalue weighted by molar-refractivity contribution is 9.10. The third kappa shape index (κ3) is 3.86. The van der Waals surface area contributed by atoms with Gasteiger partial charge in [-0.2, -0.15) is 0 Å². The first-order chi connectivity index (χ1) is 9.83. The van der Waals surface area contributed by atoms with Gasteiger partial charge in [0.05, 0.1) is 6.42 Å². The number of aryl methyl sites for hydroxylation is 2. The largest absolute Gasteiger partial charge is 0.481 e. The van der Waals surface area contributed by atoms with E-state index < -0.39 is 5.97 Å². The highest BCUT2D eigenvalue weighted by atomic mass is 79.9.